The highest BCUT2D eigenvalue weighted by molar-refractivity contribution is 7.99. The lowest BCUT2D eigenvalue weighted by atomic mass is 10.0. The SMILES string of the molecule is CNC(=O)CCCSc1c(Cl)ccc2c1CCNCC2. The van der Waals surface area contributed by atoms with Crippen LogP contribution in [0, 0.1) is 0 Å². The number of fused-ring (bicyclic) bond motifs is 1. The van der Waals surface area contributed by atoms with Crippen molar-refractivity contribution < 1.29 is 4.79 Å². The first-order chi connectivity index (χ1) is 9.72. The Kier molecular flexibility index (Phi) is 6.20. The number of amides is 1. The Morgan fingerprint density at radius 1 is 1.40 bits per heavy atom. The van der Waals surface area contributed by atoms with Crippen LogP contribution in [0.3, 0.4) is 0 Å². The first-order valence-electron chi connectivity index (χ1n) is 7.06. The van der Waals surface area contributed by atoms with Crippen molar-refractivity contribution in [1.82, 2.24) is 10.6 Å². The molecule has 0 unspecified atom stereocenters. The summed E-state index contributed by atoms with van der Waals surface area (Å²) in [6.07, 6.45) is 3.56. The normalized spacial score (nSPS) is 14.5. The van der Waals surface area contributed by atoms with E-state index >= 15 is 0 Å². The molecule has 20 heavy (non-hydrogen) atoms. The van der Waals surface area contributed by atoms with Crippen molar-refractivity contribution >= 4 is 29.3 Å². The molecule has 0 fully saturated rings. The predicted octanol–water partition coefficient (Wildman–Crippen LogP) is 2.65. The second-order valence-corrected chi connectivity index (χ2v) is 6.40. The lowest BCUT2D eigenvalue weighted by Gasteiger charge is -2.13. The van der Waals surface area contributed by atoms with E-state index in [-0.39, 0.29) is 5.91 Å². The van der Waals surface area contributed by atoms with Gasteiger partial charge in [0, 0.05) is 18.4 Å². The fraction of sp³-hybridized carbons (Fsp3) is 0.533. The average molecular weight is 313 g/mol. The standard InChI is InChI=1S/C15H21ClN2OS/c1-17-14(19)3-2-10-20-15-12-7-9-18-8-6-11(12)4-5-13(15)16/h4-5,18H,2-3,6-10H2,1H3,(H,17,19). The van der Waals surface area contributed by atoms with Gasteiger partial charge < -0.3 is 10.6 Å². The third kappa shape index (κ3) is 4.14. The first kappa shape index (κ1) is 15.7. The van der Waals surface area contributed by atoms with Crippen LogP contribution in [-0.2, 0) is 17.6 Å². The van der Waals surface area contributed by atoms with E-state index in [1.807, 2.05) is 6.07 Å². The Hall–Kier alpha value is -0.710. The zero-order chi connectivity index (χ0) is 14.4. The number of nitrogens with one attached hydrogen (secondary N) is 2. The number of carbonyl (C=O) groups is 1. The fourth-order valence-electron chi connectivity index (χ4n) is 2.40. The fourth-order valence-corrected chi connectivity index (χ4v) is 3.84. The van der Waals surface area contributed by atoms with Gasteiger partial charge in [-0.05, 0) is 55.3 Å². The van der Waals surface area contributed by atoms with E-state index in [2.05, 4.69) is 16.7 Å². The predicted molar refractivity (Wildman–Crippen MR) is 85.8 cm³/mol. The van der Waals surface area contributed by atoms with E-state index in [0.717, 1.165) is 43.1 Å². The molecule has 1 aromatic rings. The van der Waals surface area contributed by atoms with E-state index in [1.54, 1.807) is 18.8 Å². The summed E-state index contributed by atoms with van der Waals surface area (Å²) in [5, 5.41) is 6.92. The topological polar surface area (TPSA) is 41.1 Å². The van der Waals surface area contributed by atoms with E-state index in [0.29, 0.717) is 6.42 Å². The van der Waals surface area contributed by atoms with Crippen LogP contribution in [0.2, 0.25) is 5.02 Å². The molecule has 5 heteroatoms. The van der Waals surface area contributed by atoms with Gasteiger partial charge in [-0.2, -0.15) is 0 Å². The number of hydrogen-bond donors (Lipinski definition) is 2. The number of hydrogen-bond acceptors (Lipinski definition) is 3. The molecule has 0 atom stereocenters. The molecule has 1 heterocycles. The summed E-state index contributed by atoms with van der Waals surface area (Å²) in [7, 11) is 1.68. The second-order valence-electron chi connectivity index (χ2n) is 4.89. The smallest absolute Gasteiger partial charge is 0.219 e. The molecule has 1 aliphatic heterocycles. The van der Waals surface area contributed by atoms with Gasteiger partial charge in [-0.15, -0.1) is 11.8 Å². The lowest BCUT2D eigenvalue weighted by molar-refractivity contribution is -0.120. The van der Waals surface area contributed by atoms with Gasteiger partial charge in [-0.25, -0.2) is 0 Å². The molecule has 3 nitrogen and oxygen atoms in total. The van der Waals surface area contributed by atoms with Gasteiger partial charge in [0.05, 0.1) is 5.02 Å². The monoisotopic (exact) mass is 312 g/mol. The maximum atomic E-state index is 11.2. The average Bonchev–Trinajstić information content (AvgIpc) is 2.70. The van der Waals surface area contributed by atoms with Crippen LogP contribution >= 0.6 is 23.4 Å². The molecule has 0 saturated heterocycles. The molecule has 0 aliphatic carbocycles. The molecule has 1 aromatic carbocycles. The van der Waals surface area contributed by atoms with E-state index in [9.17, 15) is 4.79 Å². The second kappa shape index (κ2) is 7.91. The maximum Gasteiger partial charge on any atom is 0.219 e. The quantitative estimate of drug-likeness (QED) is 0.649. The number of carbonyl (C=O) groups excluding carboxylic acids is 1. The van der Waals surface area contributed by atoms with Crippen molar-refractivity contribution in [1.29, 1.82) is 0 Å². The van der Waals surface area contributed by atoms with Crippen LogP contribution in [-0.4, -0.2) is 31.8 Å². The van der Waals surface area contributed by atoms with Crippen molar-refractivity contribution in [3.63, 3.8) is 0 Å². The molecule has 2 rings (SSSR count). The van der Waals surface area contributed by atoms with Crippen molar-refractivity contribution in [3.8, 4) is 0 Å². The van der Waals surface area contributed by atoms with E-state index in [4.69, 9.17) is 11.6 Å². The van der Waals surface area contributed by atoms with Crippen LogP contribution < -0.4 is 10.6 Å². The van der Waals surface area contributed by atoms with Crippen LogP contribution in [0.25, 0.3) is 0 Å². The van der Waals surface area contributed by atoms with Crippen molar-refractivity contribution in [2.24, 2.45) is 0 Å². The zero-order valence-corrected chi connectivity index (χ0v) is 13.4. The third-order valence-corrected chi connectivity index (χ3v) is 5.18. The van der Waals surface area contributed by atoms with E-state index < -0.39 is 0 Å². The van der Waals surface area contributed by atoms with Gasteiger partial charge in [-0.3, -0.25) is 4.79 Å². The number of halogens is 1. The van der Waals surface area contributed by atoms with Crippen LogP contribution in [0.15, 0.2) is 17.0 Å². The molecule has 1 amide bonds. The number of benzene rings is 1. The Labute approximate surface area is 129 Å². The van der Waals surface area contributed by atoms with Crippen molar-refractivity contribution in [3.05, 3.63) is 28.3 Å². The third-order valence-electron chi connectivity index (χ3n) is 3.51. The molecule has 2 N–H and O–H groups in total. The van der Waals surface area contributed by atoms with Crippen LogP contribution in [0.4, 0.5) is 0 Å². The minimum absolute atomic E-state index is 0.104. The van der Waals surface area contributed by atoms with Gasteiger partial charge in [0.1, 0.15) is 0 Å². The number of thioether (sulfide) groups is 1. The summed E-state index contributed by atoms with van der Waals surface area (Å²) < 4.78 is 0. The first-order valence-corrected chi connectivity index (χ1v) is 8.43. The van der Waals surface area contributed by atoms with E-state index in [1.165, 1.54) is 16.0 Å². The minimum Gasteiger partial charge on any atom is -0.359 e. The Morgan fingerprint density at radius 3 is 3.00 bits per heavy atom. The highest BCUT2D eigenvalue weighted by atomic mass is 35.5. The van der Waals surface area contributed by atoms with Gasteiger partial charge >= 0.3 is 0 Å². The molecule has 0 aromatic heterocycles. The largest absolute Gasteiger partial charge is 0.359 e. The summed E-state index contributed by atoms with van der Waals surface area (Å²) in [6, 6.07) is 4.16. The summed E-state index contributed by atoms with van der Waals surface area (Å²) in [6.45, 7) is 2.05. The molecular weight excluding hydrogens is 292 g/mol. The summed E-state index contributed by atoms with van der Waals surface area (Å²) in [4.78, 5) is 12.4. The Bertz CT molecular complexity index is 479. The summed E-state index contributed by atoms with van der Waals surface area (Å²) in [5.74, 6) is 1.03. The van der Waals surface area contributed by atoms with Gasteiger partial charge in [0.2, 0.25) is 5.91 Å². The molecule has 0 bridgehead atoms. The molecular formula is C15H21ClN2OS. The number of rotatable bonds is 5. The van der Waals surface area contributed by atoms with Crippen LogP contribution in [0.1, 0.15) is 24.0 Å². The molecule has 1 aliphatic rings. The molecule has 0 radical (unpaired) electrons. The zero-order valence-electron chi connectivity index (χ0n) is 11.8. The van der Waals surface area contributed by atoms with Crippen LogP contribution in [0.5, 0.6) is 0 Å². The van der Waals surface area contributed by atoms with Crippen molar-refractivity contribution in [2.75, 3.05) is 25.9 Å². The summed E-state index contributed by atoms with van der Waals surface area (Å²) in [5.41, 5.74) is 2.81. The van der Waals surface area contributed by atoms with Crippen molar-refractivity contribution in [2.45, 2.75) is 30.6 Å². The van der Waals surface area contributed by atoms with Gasteiger partial charge in [-0.1, -0.05) is 17.7 Å². The summed E-state index contributed by atoms with van der Waals surface area (Å²) >= 11 is 8.15. The molecule has 0 spiro atoms. The Morgan fingerprint density at radius 2 is 2.20 bits per heavy atom. The van der Waals surface area contributed by atoms with Gasteiger partial charge in [0.25, 0.3) is 0 Å². The molecule has 0 saturated carbocycles. The maximum absolute atomic E-state index is 11.2. The Balaban J connectivity index is 2.01. The minimum atomic E-state index is 0.104. The highest BCUT2D eigenvalue weighted by Gasteiger charge is 2.15. The van der Waals surface area contributed by atoms with Gasteiger partial charge in [0.15, 0.2) is 0 Å². The lowest BCUT2D eigenvalue weighted by Crippen LogP contribution is -2.17. The highest BCUT2D eigenvalue weighted by Crippen LogP contribution is 2.34. The molecule has 110 valence electrons.